The van der Waals surface area contributed by atoms with Crippen LogP contribution in [0, 0.1) is 11.8 Å². The molecule has 18 heavy (non-hydrogen) atoms. The molecule has 1 saturated heterocycles. The van der Waals surface area contributed by atoms with Gasteiger partial charge in [-0.05, 0) is 7.05 Å². The SMILES string of the molecule is CN1C[C@@H](C(F)(F)F)[C@H](C(=O)Nc2cn[nH]c2)C1. The molecule has 5 nitrogen and oxygen atoms in total. The third kappa shape index (κ3) is 2.63. The summed E-state index contributed by atoms with van der Waals surface area (Å²) in [5, 5.41) is 8.52. The highest BCUT2D eigenvalue weighted by Crippen LogP contribution is 2.37. The van der Waals surface area contributed by atoms with Gasteiger partial charge in [0.05, 0.1) is 23.7 Å². The van der Waals surface area contributed by atoms with Crippen molar-refractivity contribution in [2.75, 3.05) is 25.5 Å². The highest BCUT2D eigenvalue weighted by Gasteiger charge is 2.51. The lowest BCUT2D eigenvalue weighted by Crippen LogP contribution is -2.36. The summed E-state index contributed by atoms with van der Waals surface area (Å²) in [7, 11) is 1.57. The molecule has 1 aliphatic rings. The lowest BCUT2D eigenvalue weighted by molar-refractivity contribution is -0.182. The number of halogens is 3. The summed E-state index contributed by atoms with van der Waals surface area (Å²) in [6.07, 6.45) is -1.60. The fourth-order valence-electron chi connectivity index (χ4n) is 2.15. The molecule has 0 bridgehead atoms. The summed E-state index contributed by atoms with van der Waals surface area (Å²) in [5.74, 6) is -3.32. The number of hydrogen-bond acceptors (Lipinski definition) is 3. The number of likely N-dealkylation sites (tertiary alicyclic amines) is 1. The van der Waals surface area contributed by atoms with E-state index in [-0.39, 0.29) is 13.1 Å². The Labute approximate surface area is 101 Å². The number of alkyl halides is 3. The van der Waals surface area contributed by atoms with Gasteiger partial charge in [-0.25, -0.2) is 0 Å². The molecule has 0 unspecified atom stereocenters. The number of nitrogens with zero attached hydrogens (tertiary/aromatic N) is 2. The number of carbonyl (C=O) groups is 1. The maximum Gasteiger partial charge on any atom is 0.393 e. The van der Waals surface area contributed by atoms with Crippen LogP contribution < -0.4 is 5.32 Å². The van der Waals surface area contributed by atoms with E-state index in [1.54, 1.807) is 7.05 Å². The van der Waals surface area contributed by atoms with Crippen LogP contribution in [0.1, 0.15) is 0 Å². The Morgan fingerprint density at radius 1 is 1.56 bits per heavy atom. The first-order valence-corrected chi connectivity index (χ1v) is 5.43. The average Bonchev–Trinajstić information content (AvgIpc) is 2.85. The zero-order valence-corrected chi connectivity index (χ0v) is 9.66. The van der Waals surface area contributed by atoms with E-state index in [4.69, 9.17) is 0 Å². The van der Waals surface area contributed by atoms with Gasteiger partial charge < -0.3 is 10.2 Å². The molecule has 0 radical (unpaired) electrons. The first-order valence-electron chi connectivity index (χ1n) is 5.43. The van der Waals surface area contributed by atoms with Crippen molar-refractivity contribution in [2.24, 2.45) is 11.8 Å². The Morgan fingerprint density at radius 3 is 2.83 bits per heavy atom. The topological polar surface area (TPSA) is 61.0 Å². The normalized spacial score (nSPS) is 25.3. The van der Waals surface area contributed by atoms with Gasteiger partial charge in [-0.3, -0.25) is 9.89 Å². The van der Waals surface area contributed by atoms with Gasteiger partial charge in [-0.1, -0.05) is 0 Å². The van der Waals surface area contributed by atoms with Crippen molar-refractivity contribution in [1.29, 1.82) is 0 Å². The zero-order chi connectivity index (χ0) is 13.3. The van der Waals surface area contributed by atoms with Crippen LogP contribution in [0.25, 0.3) is 0 Å². The number of aromatic nitrogens is 2. The quantitative estimate of drug-likeness (QED) is 0.838. The smallest absolute Gasteiger partial charge is 0.323 e. The predicted octanol–water partition coefficient (Wildman–Crippen LogP) is 1.09. The molecular formula is C10H13F3N4O. The largest absolute Gasteiger partial charge is 0.393 e. The molecule has 1 aliphatic heterocycles. The van der Waals surface area contributed by atoms with E-state index in [9.17, 15) is 18.0 Å². The van der Waals surface area contributed by atoms with Gasteiger partial charge in [0.15, 0.2) is 0 Å². The number of H-pyrrole nitrogens is 1. The van der Waals surface area contributed by atoms with E-state index in [2.05, 4.69) is 15.5 Å². The maximum absolute atomic E-state index is 12.8. The van der Waals surface area contributed by atoms with Gasteiger partial charge in [-0.2, -0.15) is 18.3 Å². The van der Waals surface area contributed by atoms with E-state index in [1.165, 1.54) is 17.3 Å². The van der Waals surface area contributed by atoms with Gasteiger partial charge >= 0.3 is 6.18 Å². The van der Waals surface area contributed by atoms with Crippen LogP contribution in [0.15, 0.2) is 12.4 Å². The highest BCUT2D eigenvalue weighted by atomic mass is 19.4. The first-order chi connectivity index (χ1) is 8.38. The number of hydrogen-bond donors (Lipinski definition) is 2. The first kappa shape index (κ1) is 12.9. The third-order valence-electron chi connectivity index (χ3n) is 3.03. The number of aromatic amines is 1. The number of carbonyl (C=O) groups excluding carboxylic acids is 1. The monoisotopic (exact) mass is 262 g/mol. The minimum Gasteiger partial charge on any atom is -0.323 e. The van der Waals surface area contributed by atoms with Crippen molar-refractivity contribution in [2.45, 2.75) is 6.18 Å². The number of amides is 1. The van der Waals surface area contributed by atoms with Crippen LogP contribution in [0.3, 0.4) is 0 Å². The summed E-state index contributed by atoms with van der Waals surface area (Å²) in [4.78, 5) is 13.3. The van der Waals surface area contributed by atoms with E-state index in [0.29, 0.717) is 5.69 Å². The summed E-state index contributed by atoms with van der Waals surface area (Å²) in [6.45, 7) is -0.0408. The molecule has 8 heteroatoms. The highest BCUT2D eigenvalue weighted by molar-refractivity contribution is 5.92. The minimum absolute atomic E-state index is 0.105. The molecule has 0 aromatic carbocycles. The fraction of sp³-hybridized carbons (Fsp3) is 0.600. The van der Waals surface area contributed by atoms with E-state index in [0.717, 1.165) is 0 Å². The van der Waals surface area contributed by atoms with Crippen molar-refractivity contribution in [3.8, 4) is 0 Å². The van der Waals surface area contributed by atoms with E-state index in [1.807, 2.05) is 0 Å². The Kier molecular flexibility index (Phi) is 3.29. The molecule has 1 amide bonds. The molecule has 0 spiro atoms. The Hall–Kier alpha value is -1.57. The molecule has 1 aromatic rings. The summed E-state index contributed by atoms with van der Waals surface area (Å²) < 4.78 is 38.4. The Morgan fingerprint density at radius 2 is 2.28 bits per heavy atom. The molecule has 2 N–H and O–H groups in total. The second kappa shape index (κ2) is 4.60. The van der Waals surface area contributed by atoms with Crippen LogP contribution in [-0.4, -0.2) is 47.3 Å². The van der Waals surface area contributed by atoms with Gasteiger partial charge in [0.2, 0.25) is 5.91 Å². The molecule has 2 atom stereocenters. The lowest BCUT2D eigenvalue weighted by atomic mass is 9.94. The lowest BCUT2D eigenvalue weighted by Gasteiger charge is -2.20. The van der Waals surface area contributed by atoms with E-state index < -0.39 is 23.9 Å². The maximum atomic E-state index is 12.8. The number of rotatable bonds is 2. The second-order valence-electron chi connectivity index (χ2n) is 4.45. The van der Waals surface area contributed by atoms with Crippen LogP contribution in [0.2, 0.25) is 0 Å². The van der Waals surface area contributed by atoms with Gasteiger partial charge in [0, 0.05) is 19.3 Å². The van der Waals surface area contributed by atoms with Gasteiger partial charge in [-0.15, -0.1) is 0 Å². The standard InChI is InChI=1S/C10H13F3N4O/c1-17-4-7(8(5-17)10(11,12)13)9(18)16-6-2-14-15-3-6/h2-3,7-8H,4-5H2,1H3,(H,14,15)(H,16,18)/t7-,8-/m1/s1. The van der Waals surface area contributed by atoms with Crippen molar-refractivity contribution in [1.82, 2.24) is 15.1 Å². The average molecular weight is 262 g/mol. The van der Waals surface area contributed by atoms with Crippen LogP contribution >= 0.6 is 0 Å². The summed E-state index contributed by atoms with van der Waals surface area (Å²) in [5.41, 5.74) is 0.371. The van der Waals surface area contributed by atoms with Gasteiger partial charge in [0.1, 0.15) is 0 Å². The molecule has 0 saturated carbocycles. The number of nitrogens with one attached hydrogen (secondary N) is 2. The van der Waals surface area contributed by atoms with Crippen molar-refractivity contribution >= 4 is 11.6 Å². The Balaban J connectivity index is 2.08. The number of anilines is 1. The molecule has 1 fully saturated rings. The van der Waals surface area contributed by atoms with Crippen LogP contribution in [0.5, 0.6) is 0 Å². The molecule has 0 aliphatic carbocycles. The second-order valence-corrected chi connectivity index (χ2v) is 4.45. The molecule has 2 rings (SSSR count). The molecule has 1 aromatic heterocycles. The van der Waals surface area contributed by atoms with Crippen molar-refractivity contribution in [3.05, 3.63) is 12.4 Å². The minimum atomic E-state index is -4.36. The predicted molar refractivity (Wildman–Crippen MR) is 57.7 cm³/mol. The zero-order valence-electron chi connectivity index (χ0n) is 9.66. The van der Waals surface area contributed by atoms with Crippen molar-refractivity contribution in [3.63, 3.8) is 0 Å². The summed E-state index contributed by atoms with van der Waals surface area (Å²) >= 11 is 0. The summed E-state index contributed by atoms with van der Waals surface area (Å²) in [6, 6.07) is 0. The fourth-order valence-corrected chi connectivity index (χ4v) is 2.15. The van der Waals surface area contributed by atoms with E-state index >= 15 is 0 Å². The van der Waals surface area contributed by atoms with Crippen LogP contribution in [0.4, 0.5) is 18.9 Å². The van der Waals surface area contributed by atoms with Gasteiger partial charge in [0.25, 0.3) is 0 Å². The molecular weight excluding hydrogens is 249 g/mol. The molecule has 2 heterocycles. The molecule has 100 valence electrons. The van der Waals surface area contributed by atoms with Crippen molar-refractivity contribution < 1.29 is 18.0 Å². The Bertz CT molecular complexity index is 417. The van der Waals surface area contributed by atoms with Crippen LogP contribution in [-0.2, 0) is 4.79 Å². The third-order valence-corrected chi connectivity index (χ3v) is 3.03.